The smallest absolute Gasteiger partial charge is 0.246 e. The molecule has 1 N–H and O–H groups in total. The van der Waals surface area contributed by atoms with Crippen LogP contribution in [0.15, 0.2) is 0 Å². The maximum atomic E-state index is 11.3. The van der Waals surface area contributed by atoms with Gasteiger partial charge in [-0.3, -0.25) is 4.79 Å². The van der Waals surface area contributed by atoms with Crippen molar-refractivity contribution in [2.45, 2.75) is 51.1 Å². The number of ether oxygens (including phenoxy) is 1. The molecule has 0 aromatic carbocycles. The lowest BCUT2D eigenvalue weighted by Gasteiger charge is -2.15. The minimum Gasteiger partial charge on any atom is -0.369 e. The molecule has 14 heavy (non-hydrogen) atoms. The Labute approximate surface area is 94.7 Å². The Bertz CT molecular complexity index is 172. The van der Waals surface area contributed by atoms with Crippen LogP contribution in [-0.2, 0) is 9.53 Å². The summed E-state index contributed by atoms with van der Waals surface area (Å²) >= 11 is 3.44. The minimum absolute atomic E-state index is 0.0423. The summed E-state index contributed by atoms with van der Waals surface area (Å²) in [6.07, 6.45) is 1.03. The zero-order valence-electron chi connectivity index (χ0n) is 9.34. The Morgan fingerprint density at radius 3 is 2.36 bits per heavy atom. The van der Waals surface area contributed by atoms with Crippen molar-refractivity contribution in [3.63, 3.8) is 0 Å². The number of carbonyl (C=O) groups is 1. The van der Waals surface area contributed by atoms with Crippen molar-refractivity contribution in [3.8, 4) is 0 Å². The molecular weight excluding hydrogens is 246 g/mol. The van der Waals surface area contributed by atoms with Crippen molar-refractivity contribution in [1.82, 2.24) is 5.32 Å². The third kappa shape index (κ3) is 8.51. The molecule has 0 aliphatic rings. The first-order valence-corrected chi connectivity index (χ1v) is 5.88. The molecule has 0 aliphatic heterocycles. The van der Waals surface area contributed by atoms with Gasteiger partial charge in [-0.15, -0.1) is 0 Å². The predicted octanol–water partition coefficient (Wildman–Crippen LogP) is 2.09. The van der Waals surface area contributed by atoms with Crippen LogP contribution in [0, 0.1) is 0 Å². The Balaban J connectivity index is 3.60. The van der Waals surface area contributed by atoms with E-state index in [0.717, 1.165) is 6.42 Å². The molecule has 0 rings (SSSR count). The van der Waals surface area contributed by atoms with Crippen molar-refractivity contribution < 1.29 is 9.53 Å². The molecule has 3 nitrogen and oxygen atoms in total. The molecule has 0 aromatic heterocycles. The van der Waals surface area contributed by atoms with Gasteiger partial charge in [0.2, 0.25) is 5.91 Å². The van der Waals surface area contributed by atoms with E-state index >= 15 is 0 Å². The third-order valence-corrected chi connectivity index (χ3v) is 2.01. The second kappa shape index (κ2) is 7.23. The molecule has 1 amide bonds. The number of rotatable bonds is 6. The molecule has 0 heterocycles. The predicted molar refractivity (Wildman–Crippen MR) is 61.7 cm³/mol. The number of hydrogen-bond acceptors (Lipinski definition) is 2. The molecular formula is C10H20BrNO2. The highest BCUT2D eigenvalue weighted by Crippen LogP contribution is 2.06. The fourth-order valence-corrected chi connectivity index (χ4v) is 1.67. The Morgan fingerprint density at radius 1 is 1.36 bits per heavy atom. The van der Waals surface area contributed by atoms with Gasteiger partial charge >= 0.3 is 0 Å². The van der Waals surface area contributed by atoms with Gasteiger partial charge in [-0.05, 0) is 27.2 Å². The number of nitrogens with one attached hydrogen (secondary N) is 1. The highest BCUT2D eigenvalue weighted by molar-refractivity contribution is 9.09. The van der Waals surface area contributed by atoms with E-state index in [9.17, 15) is 4.79 Å². The molecule has 0 saturated carbocycles. The first kappa shape index (κ1) is 13.9. The summed E-state index contributed by atoms with van der Waals surface area (Å²) in [5.74, 6) is -0.0423. The maximum absolute atomic E-state index is 11.3. The van der Waals surface area contributed by atoms with Gasteiger partial charge in [0, 0.05) is 10.9 Å². The van der Waals surface area contributed by atoms with Gasteiger partial charge in [-0.25, -0.2) is 0 Å². The Morgan fingerprint density at radius 2 is 1.93 bits per heavy atom. The van der Waals surface area contributed by atoms with E-state index in [4.69, 9.17) is 4.74 Å². The zero-order chi connectivity index (χ0) is 11.1. The monoisotopic (exact) mass is 265 g/mol. The van der Waals surface area contributed by atoms with Crippen molar-refractivity contribution in [2.24, 2.45) is 0 Å². The summed E-state index contributed by atoms with van der Waals surface area (Å²) in [7, 11) is 0. The quantitative estimate of drug-likeness (QED) is 0.747. The van der Waals surface area contributed by atoms with E-state index in [0.29, 0.717) is 4.83 Å². The topological polar surface area (TPSA) is 38.3 Å². The fourth-order valence-electron chi connectivity index (χ4n) is 1.10. The van der Waals surface area contributed by atoms with Gasteiger partial charge in [0.05, 0.1) is 6.10 Å². The molecule has 2 unspecified atom stereocenters. The maximum Gasteiger partial charge on any atom is 0.246 e. The zero-order valence-corrected chi connectivity index (χ0v) is 10.9. The Kier molecular flexibility index (Phi) is 7.19. The van der Waals surface area contributed by atoms with Crippen LogP contribution in [0.2, 0.25) is 0 Å². The summed E-state index contributed by atoms with van der Waals surface area (Å²) in [4.78, 5) is 11.7. The van der Waals surface area contributed by atoms with Gasteiger partial charge in [0.1, 0.15) is 6.61 Å². The number of hydrogen-bond donors (Lipinski definition) is 1. The van der Waals surface area contributed by atoms with Crippen LogP contribution < -0.4 is 5.32 Å². The van der Waals surface area contributed by atoms with Crippen LogP contribution in [0.3, 0.4) is 0 Å². The van der Waals surface area contributed by atoms with Crippen molar-refractivity contribution >= 4 is 21.8 Å². The van der Waals surface area contributed by atoms with Gasteiger partial charge < -0.3 is 10.1 Å². The molecule has 84 valence electrons. The molecule has 4 heteroatoms. The highest BCUT2D eigenvalue weighted by Gasteiger charge is 2.09. The van der Waals surface area contributed by atoms with Crippen LogP contribution in [0.4, 0.5) is 0 Å². The molecule has 0 aromatic rings. The lowest BCUT2D eigenvalue weighted by atomic mass is 10.2. The van der Waals surface area contributed by atoms with E-state index < -0.39 is 0 Å². The van der Waals surface area contributed by atoms with Crippen LogP contribution in [-0.4, -0.2) is 29.5 Å². The second-order valence-electron chi connectivity index (χ2n) is 3.84. The number of carbonyl (C=O) groups excluding carboxylic acids is 1. The normalized spacial score (nSPS) is 15.3. The fraction of sp³-hybridized carbons (Fsp3) is 0.900. The van der Waals surface area contributed by atoms with Crippen molar-refractivity contribution in [2.75, 3.05) is 6.61 Å². The third-order valence-electron chi connectivity index (χ3n) is 1.63. The van der Waals surface area contributed by atoms with Gasteiger partial charge in [0.25, 0.3) is 0 Å². The molecule has 0 aliphatic carbocycles. The van der Waals surface area contributed by atoms with Gasteiger partial charge in [-0.2, -0.15) is 0 Å². The molecule has 2 atom stereocenters. The van der Waals surface area contributed by atoms with Crippen LogP contribution in [0.5, 0.6) is 0 Å². The van der Waals surface area contributed by atoms with Crippen molar-refractivity contribution in [1.29, 1.82) is 0 Å². The van der Waals surface area contributed by atoms with Crippen molar-refractivity contribution in [3.05, 3.63) is 0 Å². The standard InChI is InChI=1S/C10H20BrNO2/c1-7(2)14-6-10(13)12-9(4)5-8(3)11/h7-9H,5-6H2,1-4H3,(H,12,13). The minimum atomic E-state index is -0.0423. The van der Waals surface area contributed by atoms with E-state index in [2.05, 4.69) is 28.2 Å². The molecule has 0 saturated heterocycles. The molecule has 0 fully saturated rings. The first-order chi connectivity index (χ1) is 6.41. The van der Waals surface area contributed by atoms with E-state index in [1.165, 1.54) is 0 Å². The molecule has 0 bridgehead atoms. The summed E-state index contributed by atoms with van der Waals surface area (Å²) in [5, 5.41) is 2.87. The SMILES string of the molecule is CC(Br)CC(C)NC(=O)COC(C)C. The lowest BCUT2D eigenvalue weighted by molar-refractivity contribution is -0.127. The largest absolute Gasteiger partial charge is 0.369 e. The van der Waals surface area contributed by atoms with Crippen LogP contribution in [0.1, 0.15) is 34.1 Å². The summed E-state index contributed by atoms with van der Waals surface area (Å²) in [6.45, 7) is 8.03. The van der Waals surface area contributed by atoms with Crippen LogP contribution >= 0.6 is 15.9 Å². The Hall–Kier alpha value is -0.0900. The highest BCUT2D eigenvalue weighted by atomic mass is 79.9. The van der Waals surface area contributed by atoms with E-state index in [1.807, 2.05) is 20.8 Å². The molecule has 0 radical (unpaired) electrons. The summed E-state index contributed by atoms with van der Waals surface area (Å²) < 4.78 is 5.19. The summed E-state index contributed by atoms with van der Waals surface area (Å²) in [6, 6.07) is 0.188. The molecule has 0 spiro atoms. The number of alkyl halides is 1. The van der Waals surface area contributed by atoms with Gasteiger partial charge in [0.15, 0.2) is 0 Å². The van der Waals surface area contributed by atoms with E-state index in [-0.39, 0.29) is 24.7 Å². The number of amides is 1. The van der Waals surface area contributed by atoms with E-state index in [1.54, 1.807) is 0 Å². The first-order valence-electron chi connectivity index (χ1n) is 4.96. The van der Waals surface area contributed by atoms with Crippen LogP contribution in [0.25, 0.3) is 0 Å². The van der Waals surface area contributed by atoms with Gasteiger partial charge in [-0.1, -0.05) is 22.9 Å². The second-order valence-corrected chi connectivity index (χ2v) is 5.41. The average Bonchev–Trinajstić information content (AvgIpc) is 1.98. The summed E-state index contributed by atoms with van der Waals surface area (Å²) in [5.41, 5.74) is 0. The average molecular weight is 266 g/mol. The lowest BCUT2D eigenvalue weighted by Crippen LogP contribution is -2.36. The number of halogens is 1.